The Balaban J connectivity index is 0.000000103. The van der Waals surface area contributed by atoms with Gasteiger partial charge < -0.3 is 88.2 Å². The van der Waals surface area contributed by atoms with Gasteiger partial charge >= 0.3 is 0 Å². The smallest absolute Gasteiger partial charge is 0.251 e. The highest BCUT2D eigenvalue weighted by molar-refractivity contribution is 6.16. The number of hydrogen-bond acceptors (Lipinski definition) is 12. The van der Waals surface area contributed by atoms with Crippen LogP contribution in [0.15, 0.2) is 279 Å². The number of piperidine rings is 1. The van der Waals surface area contributed by atoms with Crippen molar-refractivity contribution in [2.75, 3.05) is 77.5 Å². The molecule has 13 heterocycles. The average molecular weight is 1940 g/mol. The van der Waals surface area contributed by atoms with E-state index >= 15 is 0 Å². The summed E-state index contributed by atoms with van der Waals surface area (Å²) in [4.78, 5) is 108. The fourth-order valence-corrected chi connectivity index (χ4v) is 21.6. The molecule has 25 nitrogen and oxygen atoms in total. The zero-order valence-corrected chi connectivity index (χ0v) is 81.4. The molecule has 0 aliphatic carbocycles. The fraction of sp³-hybridized carbons (Fsp3) is 0.192. The molecule has 146 heavy (non-hydrogen) atoms. The molecule has 19 aromatic rings. The van der Waals surface area contributed by atoms with Crippen LogP contribution >= 0.6 is 0 Å². The Morgan fingerprint density at radius 1 is 0.322 bits per heavy atom. The van der Waals surface area contributed by atoms with E-state index in [1.165, 1.54) is 101 Å². The molecule has 26 rings (SSSR count). The summed E-state index contributed by atoms with van der Waals surface area (Å²) in [6.07, 6.45) is 8.87. The minimum absolute atomic E-state index is 0.00234. The van der Waals surface area contributed by atoms with Gasteiger partial charge in [-0.15, -0.1) is 0 Å². The van der Waals surface area contributed by atoms with Gasteiger partial charge in [-0.25, -0.2) is 4.39 Å². The number of aromatic nitrogens is 6. The number of benzene rings is 13. The van der Waals surface area contributed by atoms with Gasteiger partial charge in [-0.3, -0.25) is 38.5 Å². The second-order valence-electron chi connectivity index (χ2n) is 37.7. The van der Waals surface area contributed by atoms with Crippen LogP contribution in [0.5, 0.6) is 11.5 Å². The van der Waals surface area contributed by atoms with E-state index in [-0.39, 0.29) is 47.2 Å². The van der Waals surface area contributed by atoms with Crippen LogP contribution in [0.25, 0.3) is 133 Å². The summed E-state index contributed by atoms with van der Waals surface area (Å²) >= 11 is 0. The topological polar surface area (TPSA) is 361 Å². The number of nitrogens with one attached hydrogen (secondary N) is 15. The van der Waals surface area contributed by atoms with Crippen molar-refractivity contribution in [2.45, 2.75) is 84.3 Å². The molecule has 0 atom stereocenters. The Bertz CT molecular complexity index is 8280. The van der Waals surface area contributed by atoms with Gasteiger partial charge in [0.2, 0.25) is 5.91 Å². The fourth-order valence-electron chi connectivity index (χ4n) is 21.6. The number of nitrogens with two attached hydrogens (primary N) is 1. The van der Waals surface area contributed by atoms with Gasteiger partial charge in [0.15, 0.2) is 0 Å². The number of amides is 7. The van der Waals surface area contributed by atoms with E-state index in [9.17, 15) is 38.0 Å². The van der Waals surface area contributed by atoms with Gasteiger partial charge in [0.1, 0.15) is 17.3 Å². The lowest BCUT2D eigenvalue weighted by molar-refractivity contribution is -0.114. The van der Waals surface area contributed by atoms with Crippen LogP contribution in [0.3, 0.4) is 0 Å². The summed E-state index contributed by atoms with van der Waals surface area (Å²) in [7, 11) is 3.90. The lowest BCUT2D eigenvalue weighted by Crippen LogP contribution is -2.29. The number of aromatic amines is 6. The van der Waals surface area contributed by atoms with Gasteiger partial charge in [0, 0.05) is 227 Å². The van der Waals surface area contributed by atoms with Gasteiger partial charge in [0.25, 0.3) is 35.4 Å². The number of anilines is 2. The molecule has 7 aliphatic rings. The highest BCUT2D eigenvalue weighted by atomic mass is 19.1. The lowest BCUT2D eigenvalue weighted by atomic mass is 9.99. The van der Waals surface area contributed by atoms with Gasteiger partial charge in [-0.1, -0.05) is 140 Å². The number of carbonyl (C=O) groups is 7. The van der Waals surface area contributed by atoms with Crippen molar-refractivity contribution in [1.29, 1.82) is 0 Å². The van der Waals surface area contributed by atoms with Crippen LogP contribution < -0.4 is 58.3 Å². The summed E-state index contributed by atoms with van der Waals surface area (Å²) in [5.41, 5.74) is 42.0. The van der Waals surface area contributed by atoms with E-state index in [1.54, 1.807) is 12.1 Å². The number of hydrogen-bond donors (Lipinski definition) is 16. The first-order chi connectivity index (χ1) is 71.4. The second kappa shape index (κ2) is 42.1. The van der Waals surface area contributed by atoms with Crippen LogP contribution in [-0.4, -0.2) is 143 Å². The molecule has 17 N–H and O–H groups in total. The Morgan fingerprint density at radius 3 is 1.01 bits per heavy atom. The Hall–Kier alpha value is -17.2. The standard InChI is InChI=1S/C23H17FN2O2.C23H25N3O.C19H17N3O2.2C19H19N3O.C17H15N3O/c24-15-7-9-16(10-8-15)28-17-4-1-3-14(13-17)22-18-11-12-25-23(27)19-5-2-6-20(26-22)21(18)19;27-23-19-8-5-9-20-21(19)18(10-11-24-23)22(25-20)17-7-4-6-16(14-17)15-26-12-2-1-3-13-26;1-11(23)21-13-5-2-4-12(10-13)18-14-8-9-20-19(24)15-6-3-7-16(22-18)17(14)15;1-20-11-12-4-2-5-13(10-12)18-14-8-9-21-19(23)15-6-3-7-16(22-18)17(14)15;1-20-11-12-5-7-13(8-6-12)18-14-9-10-21-19(23)15-3-2-4-16(22-18)17(14)15;18-11-4-1-3-10(9-11)16-12-7-8-19-17(21)13-5-2-6-14(20-16)15(12)13/h1-10,13,26H,11-12H2,(H,25,27);4-9,14,25H,1-3,10-13,15H2,(H,24,27);2-7,10,22H,8-9H2,1H3,(H,20,24)(H,21,23);2-7,10,20,22H,8-9,11H2,1H3,(H,21,23);2-8,20,22H,9-11H2,1H3,(H,21,23);1-6,9,20H,7-8,18H2,(H,19,21). The van der Waals surface area contributed by atoms with E-state index in [4.69, 9.17) is 10.5 Å². The first kappa shape index (κ1) is 95.0. The predicted molar refractivity (Wildman–Crippen MR) is 578 cm³/mol. The highest BCUT2D eigenvalue weighted by Gasteiger charge is 2.31. The number of H-pyrrole nitrogens is 6. The Morgan fingerprint density at radius 2 is 0.637 bits per heavy atom. The molecule has 0 bridgehead atoms. The molecule has 6 aromatic heterocycles. The number of halogens is 1. The van der Waals surface area contributed by atoms with Gasteiger partial charge in [-0.05, 0) is 291 Å². The number of carbonyl (C=O) groups excluding carboxylic acids is 7. The molecule has 7 amide bonds. The van der Waals surface area contributed by atoms with Crippen molar-refractivity contribution in [1.82, 2.24) is 77.3 Å². The normalized spacial score (nSPS) is 14.4. The maximum absolute atomic E-state index is 13.1. The second-order valence-corrected chi connectivity index (χ2v) is 37.7. The SMILES string of the molecule is CC(=O)Nc1cccc(-c2[nH]c3cccc4c3c2CCNC4=O)c1.CNCc1ccc(-c2[nH]c3cccc4c3c2CCNC4=O)cc1.CNCc1cccc(-c2[nH]c3cccc4c3c2CCNC4=O)c1.Nc1cccc(-c2[nH]c3cccc4c3c2CCNC4=O)c1.O=C1NCCc2c(-c3cccc(CN4CCCCC4)c3)[nH]c3cccc1c23.O=C1NCCc2c(-c3cccc(Oc4ccc(F)cc4)c3)[nH]c3cccc1c23. The third-order valence-electron chi connectivity index (χ3n) is 28.1. The molecule has 1 fully saturated rings. The summed E-state index contributed by atoms with van der Waals surface area (Å²) in [6.45, 7) is 10.5. The van der Waals surface area contributed by atoms with Crippen molar-refractivity contribution < 1.29 is 42.7 Å². The van der Waals surface area contributed by atoms with E-state index in [0.29, 0.717) is 61.9 Å². The van der Waals surface area contributed by atoms with Crippen LogP contribution in [0.4, 0.5) is 15.8 Å². The van der Waals surface area contributed by atoms with Crippen LogP contribution in [0, 0.1) is 5.82 Å². The predicted octanol–water partition coefficient (Wildman–Crippen LogP) is 20.6. The number of rotatable bonds is 15. The molecule has 732 valence electrons. The maximum Gasteiger partial charge on any atom is 0.251 e. The molecule has 7 aliphatic heterocycles. The molecule has 0 spiro atoms. The van der Waals surface area contributed by atoms with Crippen LogP contribution in [-0.2, 0) is 63.0 Å². The largest absolute Gasteiger partial charge is 0.457 e. The summed E-state index contributed by atoms with van der Waals surface area (Å²) < 4.78 is 19.0. The maximum atomic E-state index is 13.1. The molecular weight excluding hydrogens is 1830 g/mol. The summed E-state index contributed by atoms with van der Waals surface area (Å²) in [5.74, 6) is 0.838. The first-order valence-electron chi connectivity index (χ1n) is 50.0. The highest BCUT2D eigenvalue weighted by Crippen LogP contribution is 2.43. The first-order valence-corrected chi connectivity index (χ1v) is 50.0. The molecule has 26 heteroatoms. The Labute approximate surface area is 842 Å². The van der Waals surface area contributed by atoms with E-state index < -0.39 is 0 Å². The quantitative estimate of drug-likeness (QED) is 0.0426. The van der Waals surface area contributed by atoms with Crippen molar-refractivity contribution >= 4 is 118 Å². The summed E-state index contributed by atoms with van der Waals surface area (Å²) in [5, 5.41) is 33.2. The molecular formula is C120H112FN17O8. The number of nitrogen functional groups attached to an aromatic ring is 1. The van der Waals surface area contributed by atoms with Crippen LogP contribution in [0.1, 0.15) is 138 Å². The number of likely N-dealkylation sites (tertiary alicyclic amines) is 1. The summed E-state index contributed by atoms with van der Waals surface area (Å²) in [6, 6.07) is 90.2. The molecule has 0 radical (unpaired) electrons. The van der Waals surface area contributed by atoms with Crippen molar-refractivity contribution in [3.05, 3.63) is 368 Å². The van der Waals surface area contributed by atoms with Crippen molar-refractivity contribution in [2.24, 2.45) is 0 Å². The monoisotopic (exact) mass is 1940 g/mol. The Kier molecular flexibility index (Phi) is 27.4. The molecule has 0 saturated carbocycles. The van der Waals surface area contributed by atoms with E-state index in [0.717, 1.165) is 225 Å². The minimum atomic E-state index is -0.298. The zero-order valence-electron chi connectivity index (χ0n) is 81.4. The average Bonchev–Trinajstić information content (AvgIpc) is 1.64. The third-order valence-corrected chi connectivity index (χ3v) is 28.1. The van der Waals surface area contributed by atoms with Crippen LogP contribution in [0.2, 0.25) is 0 Å². The molecule has 0 unspecified atom stereocenters. The van der Waals surface area contributed by atoms with Gasteiger partial charge in [0.05, 0.1) is 0 Å². The van der Waals surface area contributed by atoms with Crippen molar-refractivity contribution in [3.8, 4) is 79.0 Å². The molecule has 13 aromatic carbocycles. The molecule has 1 saturated heterocycles. The van der Waals surface area contributed by atoms with E-state index in [1.807, 2.05) is 190 Å². The number of ether oxygens (including phenoxy) is 1. The zero-order chi connectivity index (χ0) is 100. The van der Waals surface area contributed by atoms with E-state index in [2.05, 4.69) is 162 Å². The van der Waals surface area contributed by atoms with Crippen molar-refractivity contribution in [3.63, 3.8) is 0 Å². The lowest BCUT2D eigenvalue weighted by Gasteiger charge is -2.26. The van der Waals surface area contributed by atoms with Gasteiger partial charge in [-0.2, -0.15) is 0 Å². The minimum Gasteiger partial charge on any atom is -0.457 e. The number of nitrogens with zero attached hydrogens (tertiary/aromatic N) is 1. The third kappa shape index (κ3) is 19.7.